The molecule has 4 nitrogen and oxygen atoms in total. The molecule has 2 rings (SSSR count). The Hall–Kier alpha value is -0.840. The molecule has 1 saturated heterocycles. The minimum absolute atomic E-state index is 0.191. The van der Waals surface area contributed by atoms with Crippen LogP contribution in [0.2, 0.25) is 0 Å². The van der Waals surface area contributed by atoms with Crippen molar-refractivity contribution in [2.45, 2.75) is 12.6 Å². The second-order valence-corrected chi connectivity index (χ2v) is 4.29. The highest BCUT2D eigenvalue weighted by molar-refractivity contribution is 5.04. The Kier molecular flexibility index (Phi) is 3.41. The zero-order chi connectivity index (χ0) is 10.7. The van der Waals surface area contributed by atoms with Gasteiger partial charge in [-0.2, -0.15) is 0 Å². The smallest absolute Gasteiger partial charge is 0.0947 e. The highest BCUT2D eigenvalue weighted by Crippen LogP contribution is 2.14. The van der Waals surface area contributed by atoms with Crippen LogP contribution >= 0.6 is 0 Å². The summed E-state index contributed by atoms with van der Waals surface area (Å²) in [6.45, 7) is 3.37. The molecule has 0 bridgehead atoms. The van der Waals surface area contributed by atoms with Crippen LogP contribution < -0.4 is 5.73 Å². The van der Waals surface area contributed by atoms with Gasteiger partial charge >= 0.3 is 0 Å². The number of furan rings is 1. The molecule has 2 heterocycles. The van der Waals surface area contributed by atoms with Crippen LogP contribution in [0.3, 0.4) is 0 Å². The predicted octanol–water partition coefficient (Wildman–Crippen LogP) is 0.685. The highest BCUT2D eigenvalue weighted by Gasteiger charge is 2.25. The topological polar surface area (TPSA) is 51.6 Å². The average Bonchev–Trinajstić information content (AvgIpc) is 2.79. The van der Waals surface area contributed by atoms with E-state index >= 15 is 0 Å². The second kappa shape index (κ2) is 4.79. The third-order valence-electron chi connectivity index (χ3n) is 2.83. The number of nitrogens with two attached hydrogens (primary N) is 1. The summed E-state index contributed by atoms with van der Waals surface area (Å²) in [6.07, 6.45) is 3.48. The molecule has 0 aromatic carbocycles. The van der Waals surface area contributed by atoms with E-state index in [9.17, 15) is 0 Å². The molecule has 1 aliphatic rings. The summed E-state index contributed by atoms with van der Waals surface area (Å²) in [5.74, 6) is 0.460. The van der Waals surface area contributed by atoms with E-state index in [0.29, 0.717) is 12.5 Å². The van der Waals surface area contributed by atoms with Gasteiger partial charge in [-0.3, -0.25) is 0 Å². The molecule has 2 unspecified atom stereocenters. The number of rotatable bonds is 4. The van der Waals surface area contributed by atoms with Crippen LogP contribution in [0.5, 0.6) is 0 Å². The van der Waals surface area contributed by atoms with Crippen molar-refractivity contribution >= 4 is 0 Å². The molecule has 0 amide bonds. The van der Waals surface area contributed by atoms with Crippen molar-refractivity contribution in [2.24, 2.45) is 11.7 Å². The lowest BCUT2D eigenvalue weighted by atomic mass is 10.0. The van der Waals surface area contributed by atoms with E-state index in [1.165, 1.54) is 5.56 Å². The van der Waals surface area contributed by atoms with Gasteiger partial charge < -0.3 is 19.8 Å². The molecular weight excluding hydrogens is 192 g/mol. The molecule has 2 atom stereocenters. The summed E-state index contributed by atoms with van der Waals surface area (Å²) in [5.41, 5.74) is 7.13. The largest absolute Gasteiger partial charge is 0.472 e. The van der Waals surface area contributed by atoms with E-state index in [4.69, 9.17) is 14.9 Å². The van der Waals surface area contributed by atoms with Gasteiger partial charge in [0.25, 0.3) is 0 Å². The monoisotopic (exact) mass is 210 g/mol. The fourth-order valence-corrected chi connectivity index (χ4v) is 1.96. The van der Waals surface area contributed by atoms with Gasteiger partial charge in [0.1, 0.15) is 0 Å². The van der Waals surface area contributed by atoms with E-state index < -0.39 is 0 Å². The van der Waals surface area contributed by atoms with Gasteiger partial charge in [0.15, 0.2) is 0 Å². The zero-order valence-electron chi connectivity index (χ0n) is 9.06. The zero-order valence-corrected chi connectivity index (χ0v) is 9.06. The SMILES string of the molecule is CN(Cc1ccoc1)CC1COCC1N. The van der Waals surface area contributed by atoms with E-state index in [1.807, 2.05) is 6.07 Å². The Bertz CT molecular complexity index is 287. The maximum Gasteiger partial charge on any atom is 0.0947 e. The number of nitrogens with zero attached hydrogens (tertiary/aromatic N) is 1. The Balaban J connectivity index is 1.79. The van der Waals surface area contributed by atoms with Gasteiger partial charge in [0.2, 0.25) is 0 Å². The maximum atomic E-state index is 5.93. The van der Waals surface area contributed by atoms with Gasteiger partial charge in [0, 0.05) is 30.6 Å². The Labute approximate surface area is 90.0 Å². The van der Waals surface area contributed by atoms with E-state index in [1.54, 1.807) is 12.5 Å². The van der Waals surface area contributed by atoms with Crippen LogP contribution in [-0.2, 0) is 11.3 Å². The first-order valence-corrected chi connectivity index (χ1v) is 5.28. The first kappa shape index (κ1) is 10.7. The summed E-state index contributed by atoms with van der Waals surface area (Å²) in [4.78, 5) is 2.25. The van der Waals surface area contributed by atoms with Crippen molar-refractivity contribution in [3.8, 4) is 0 Å². The molecule has 0 aliphatic carbocycles. The van der Waals surface area contributed by atoms with Crippen LogP contribution in [0.4, 0.5) is 0 Å². The molecule has 0 radical (unpaired) electrons. The van der Waals surface area contributed by atoms with Crippen molar-refractivity contribution in [3.63, 3.8) is 0 Å². The van der Waals surface area contributed by atoms with Crippen LogP contribution in [0.1, 0.15) is 5.56 Å². The summed E-state index contributed by atoms with van der Waals surface area (Å²) in [5, 5.41) is 0. The quantitative estimate of drug-likeness (QED) is 0.794. The summed E-state index contributed by atoms with van der Waals surface area (Å²) in [6, 6.07) is 2.18. The Morgan fingerprint density at radius 3 is 3.00 bits per heavy atom. The van der Waals surface area contributed by atoms with Gasteiger partial charge in [-0.15, -0.1) is 0 Å². The standard InChI is InChI=1S/C11H18N2O2/c1-13(4-9-2-3-14-6-9)5-10-7-15-8-11(10)12/h2-3,6,10-11H,4-5,7-8,12H2,1H3. The Morgan fingerprint density at radius 1 is 1.53 bits per heavy atom. The van der Waals surface area contributed by atoms with Crippen molar-refractivity contribution in [2.75, 3.05) is 26.8 Å². The molecule has 0 saturated carbocycles. The fourth-order valence-electron chi connectivity index (χ4n) is 1.96. The van der Waals surface area contributed by atoms with Gasteiger partial charge in [-0.25, -0.2) is 0 Å². The molecule has 4 heteroatoms. The minimum atomic E-state index is 0.191. The first-order chi connectivity index (χ1) is 7.25. The summed E-state index contributed by atoms with van der Waals surface area (Å²) < 4.78 is 10.4. The molecule has 0 spiro atoms. The lowest BCUT2D eigenvalue weighted by Gasteiger charge is -2.21. The normalized spacial score (nSPS) is 26.3. The molecule has 1 aromatic rings. The Morgan fingerprint density at radius 2 is 2.40 bits per heavy atom. The van der Waals surface area contributed by atoms with Crippen LogP contribution in [0.25, 0.3) is 0 Å². The molecule has 1 aromatic heterocycles. The molecular formula is C11H18N2O2. The number of hydrogen-bond acceptors (Lipinski definition) is 4. The molecule has 1 aliphatic heterocycles. The van der Waals surface area contributed by atoms with Crippen LogP contribution in [0.15, 0.2) is 23.0 Å². The van der Waals surface area contributed by atoms with E-state index in [0.717, 1.165) is 19.7 Å². The number of ether oxygens (including phenoxy) is 1. The molecule has 84 valence electrons. The number of hydrogen-bond donors (Lipinski definition) is 1. The fraction of sp³-hybridized carbons (Fsp3) is 0.636. The maximum absolute atomic E-state index is 5.93. The summed E-state index contributed by atoms with van der Waals surface area (Å²) >= 11 is 0. The first-order valence-electron chi connectivity index (χ1n) is 5.28. The van der Waals surface area contributed by atoms with Crippen LogP contribution in [0, 0.1) is 5.92 Å². The van der Waals surface area contributed by atoms with Gasteiger partial charge in [-0.1, -0.05) is 0 Å². The third kappa shape index (κ3) is 2.81. The van der Waals surface area contributed by atoms with Crippen LogP contribution in [-0.4, -0.2) is 37.7 Å². The third-order valence-corrected chi connectivity index (χ3v) is 2.83. The molecule has 2 N–H and O–H groups in total. The van der Waals surface area contributed by atoms with Gasteiger partial charge in [-0.05, 0) is 13.1 Å². The lowest BCUT2D eigenvalue weighted by molar-refractivity contribution is 0.172. The van der Waals surface area contributed by atoms with Gasteiger partial charge in [0.05, 0.1) is 25.7 Å². The lowest BCUT2D eigenvalue weighted by Crippen LogP contribution is -2.36. The van der Waals surface area contributed by atoms with E-state index in [-0.39, 0.29) is 6.04 Å². The average molecular weight is 210 g/mol. The molecule has 1 fully saturated rings. The van der Waals surface area contributed by atoms with Crippen molar-refractivity contribution in [1.82, 2.24) is 4.90 Å². The second-order valence-electron chi connectivity index (χ2n) is 4.29. The highest BCUT2D eigenvalue weighted by atomic mass is 16.5. The predicted molar refractivity (Wildman–Crippen MR) is 57.3 cm³/mol. The summed E-state index contributed by atoms with van der Waals surface area (Å²) in [7, 11) is 2.10. The molecule has 15 heavy (non-hydrogen) atoms. The van der Waals surface area contributed by atoms with Crippen molar-refractivity contribution in [3.05, 3.63) is 24.2 Å². The van der Waals surface area contributed by atoms with Crippen molar-refractivity contribution in [1.29, 1.82) is 0 Å². The minimum Gasteiger partial charge on any atom is -0.472 e. The van der Waals surface area contributed by atoms with Crippen molar-refractivity contribution < 1.29 is 9.15 Å². The van der Waals surface area contributed by atoms with E-state index in [2.05, 4.69) is 11.9 Å².